The van der Waals surface area contributed by atoms with Crippen LogP contribution in [0.5, 0.6) is 0 Å². The Bertz CT molecular complexity index is 888. The van der Waals surface area contributed by atoms with Crippen LogP contribution >= 0.6 is 11.3 Å². The Hall–Kier alpha value is -3.07. The number of thiazole rings is 1. The second-order valence-electron chi connectivity index (χ2n) is 5.02. The third-order valence-electron chi connectivity index (χ3n) is 3.33. The molecule has 0 fully saturated rings. The van der Waals surface area contributed by atoms with Crippen molar-refractivity contribution in [1.82, 2.24) is 14.8 Å². The number of amides is 1. The van der Waals surface area contributed by atoms with Crippen molar-refractivity contribution in [3.05, 3.63) is 69.0 Å². The number of nitrogens with zero attached hydrogens (tertiary/aromatic N) is 4. The van der Waals surface area contributed by atoms with Crippen LogP contribution in [-0.4, -0.2) is 25.6 Å². The van der Waals surface area contributed by atoms with Crippen LogP contribution in [-0.2, 0) is 13.5 Å². The number of anilines is 1. The summed E-state index contributed by atoms with van der Waals surface area (Å²) in [5.74, 6) is -0.609. The molecule has 0 aliphatic rings. The van der Waals surface area contributed by atoms with Gasteiger partial charge in [-0.1, -0.05) is 30.3 Å². The maximum absolute atomic E-state index is 12.3. The Morgan fingerprint density at radius 1 is 1.38 bits per heavy atom. The molecule has 0 aliphatic carbocycles. The molecule has 122 valence electrons. The fourth-order valence-electron chi connectivity index (χ4n) is 2.23. The van der Waals surface area contributed by atoms with Gasteiger partial charge in [0.25, 0.3) is 5.91 Å². The summed E-state index contributed by atoms with van der Waals surface area (Å²) < 4.78 is 1.17. The van der Waals surface area contributed by atoms with Gasteiger partial charge in [-0.15, -0.1) is 11.3 Å². The molecule has 3 rings (SSSR count). The normalized spacial score (nSPS) is 10.5. The molecule has 0 aliphatic heterocycles. The van der Waals surface area contributed by atoms with E-state index in [1.165, 1.54) is 23.1 Å². The van der Waals surface area contributed by atoms with Gasteiger partial charge in [-0.05, 0) is 5.56 Å². The van der Waals surface area contributed by atoms with E-state index in [1.54, 1.807) is 0 Å². The number of aryl methyl sites for hydroxylation is 1. The van der Waals surface area contributed by atoms with E-state index in [0.29, 0.717) is 11.6 Å². The predicted molar refractivity (Wildman–Crippen MR) is 89.2 cm³/mol. The van der Waals surface area contributed by atoms with Crippen molar-refractivity contribution in [2.45, 2.75) is 6.42 Å². The largest absolute Gasteiger partial charge is 0.320 e. The Balaban J connectivity index is 1.74. The predicted octanol–water partition coefficient (Wildman–Crippen LogP) is 2.63. The smallest absolute Gasteiger partial charge is 0.296 e. The summed E-state index contributed by atoms with van der Waals surface area (Å²) in [6.45, 7) is 0. The van der Waals surface area contributed by atoms with Gasteiger partial charge < -0.3 is 0 Å². The molecule has 9 heteroatoms. The first-order chi connectivity index (χ1) is 11.5. The molecule has 3 aromatic rings. The minimum Gasteiger partial charge on any atom is -0.296 e. The zero-order chi connectivity index (χ0) is 17.1. The zero-order valence-corrected chi connectivity index (χ0v) is 13.5. The number of nitrogens with one attached hydrogen (secondary N) is 1. The quantitative estimate of drug-likeness (QED) is 0.566. The highest BCUT2D eigenvalue weighted by atomic mass is 32.1. The average molecular weight is 343 g/mol. The first-order valence-electron chi connectivity index (χ1n) is 7.00. The van der Waals surface area contributed by atoms with Crippen LogP contribution in [0.4, 0.5) is 10.8 Å². The number of nitro groups is 1. The van der Waals surface area contributed by atoms with Gasteiger partial charge >= 0.3 is 5.69 Å². The van der Waals surface area contributed by atoms with Gasteiger partial charge in [-0.25, -0.2) is 4.98 Å². The molecule has 0 saturated carbocycles. The molecule has 2 heterocycles. The van der Waals surface area contributed by atoms with Crippen LogP contribution in [0.1, 0.15) is 21.7 Å². The molecule has 1 amide bonds. The van der Waals surface area contributed by atoms with Crippen molar-refractivity contribution in [3.63, 3.8) is 0 Å². The molecule has 2 aromatic heterocycles. The van der Waals surface area contributed by atoms with Gasteiger partial charge in [0.1, 0.15) is 6.20 Å². The minimum absolute atomic E-state index is 0.111. The first-order valence-corrected chi connectivity index (χ1v) is 7.88. The number of hydrogen-bond acceptors (Lipinski definition) is 6. The maximum atomic E-state index is 12.3. The van der Waals surface area contributed by atoms with Gasteiger partial charge in [0.05, 0.1) is 10.6 Å². The van der Waals surface area contributed by atoms with Crippen molar-refractivity contribution < 1.29 is 9.72 Å². The Morgan fingerprint density at radius 3 is 2.83 bits per heavy atom. The van der Waals surface area contributed by atoms with Crippen molar-refractivity contribution in [2.75, 3.05) is 5.32 Å². The van der Waals surface area contributed by atoms with E-state index in [0.717, 1.165) is 17.5 Å². The van der Waals surface area contributed by atoms with Crippen molar-refractivity contribution in [2.24, 2.45) is 7.05 Å². The standard InChI is InChI=1S/C15H13N5O3S/c1-19-13(12(8-16-19)20(22)23)14(21)18-15-17-11(9-24-15)7-10-5-3-2-4-6-10/h2-6,8-9H,7H2,1H3,(H,17,18,21). The minimum atomic E-state index is -0.634. The fourth-order valence-corrected chi connectivity index (χ4v) is 2.94. The molecule has 0 radical (unpaired) electrons. The lowest BCUT2D eigenvalue weighted by atomic mass is 10.1. The Labute approximate surface area is 140 Å². The topological polar surface area (TPSA) is 103 Å². The molecule has 1 N–H and O–H groups in total. The maximum Gasteiger partial charge on any atom is 0.320 e. The van der Waals surface area contributed by atoms with E-state index in [9.17, 15) is 14.9 Å². The Kier molecular flexibility index (Phi) is 4.34. The zero-order valence-electron chi connectivity index (χ0n) is 12.7. The van der Waals surface area contributed by atoms with E-state index in [1.807, 2.05) is 35.7 Å². The molecule has 0 atom stereocenters. The SMILES string of the molecule is Cn1ncc([N+](=O)[O-])c1C(=O)Nc1nc(Cc2ccccc2)cs1. The van der Waals surface area contributed by atoms with E-state index >= 15 is 0 Å². The van der Waals surface area contributed by atoms with Crippen molar-refractivity contribution in [1.29, 1.82) is 0 Å². The number of carbonyl (C=O) groups is 1. The van der Waals surface area contributed by atoms with E-state index < -0.39 is 10.8 Å². The Morgan fingerprint density at radius 2 is 2.12 bits per heavy atom. The van der Waals surface area contributed by atoms with Gasteiger partial charge in [-0.3, -0.25) is 24.9 Å². The van der Waals surface area contributed by atoms with Crippen molar-refractivity contribution >= 4 is 28.1 Å². The van der Waals surface area contributed by atoms with Gasteiger partial charge in [0.15, 0.2) is 5.13 Å². The van der Waals surface area contributed by atoms with Gasteiger partial charge in [0, 0.05) is 18.8 Å². The summed E-state index contributed by atoms with van der Waals surface area (Å²) >= 11 is 1.27. The summed E-state index contributed by atoms with van der Waals surface area (Å²) in [4.78, 5) is 26.9. The van der Waals surface area contributed by atoms with Crippen LogP contribution < -0.4 is 5.32 Å². The highest BCUT2D eigenvalue weighted by Gasteiger charge is 2.26. The number of benzene rings is 1. The molecule has 1 aromatic carbocycles. The second-order valence-corrected chi connectivity index (χ2v) is 5.88. The lowest BCUT2D eigenvalue weighted by molar-refractivity contribution is -0.385. The summed E-state index contributed by atoms with van der Waals surface area (Å²) in [6, 6.07) is 9.84. The molecule has 0 unspecified atom stereocenters. The lowest BCUT2D eigenvalue weighted by Gasteiger charge is -2.01. The highest BCUT2D eigenvalue weighted by Crippen LogP contribution is 2.22. The number of carbonyl (C=O) groups excluding carboxylic acids is 1. The number of hydrogen-bond donors (Lipinski definition) is 1. The van der Waals surface area contributed by atoms with E-state index in [2.05, 4.69) is 15.4 Å². The molecule has 0 saturated heterocycles. The monoisotopic (exact) mass is 343 g/mol. The third-order valence-corrected chi connectivity index (χ3v) is 4.14. The second kappa shape index (κ2) is 6.59. The van der Waals surface area contributed by atoms with Gasteiger partial charge in [0.2, 0.25) is 5.69 Å². The van der Waals surface area contributed by atoms with Crippen LogP contribution in [0, 0.1) is 10.1 Å². The summed E-state index contributed by atoms with van der Waals surface area (Å²) in [6.07, 6.45) is 1.71. The summed E-state index contributed by atoms with van der Waals surface area (Å²) in [5.41, 5.74) is 1.49. The van der Waals surface area contributed by atoms with Gasteiger partial charge in [-0.2, -0.15) is 5.10 Å². The molecular weight excluding hydrogens is 330 g/mol. The molecule has 8 nitrogen and oxygen atoms in total. The van der Waals surface area contributed by atoms with Crippen LogP contribution in [0.3, 0.4) is 0 Å². The molecule has 0 spiro atoms. The number of rotatable bonds is 5. The van der Waals surface area contributed by atoms with Crippen LogP contribution in [0.2, 0.25) is 0 Å². The fraction of sp³-hybridized carbons (Fsp3) is 0.133. The number of aromatic nitrogens is 3. The molecular formula is C15H13N5O3S. The molecule has 24 heavy (non-hydrogen) atoms. The third kappa shape index (κ3) is 3.30. The molecule has 0 bridgehead atoms. The highest BCUT2D eigenvalue weighted by molar-refractivity contribution is 7.14. The van der Waals surface area contributed by atoms with Crippen LogP contribution in [0.15, 0.2) is 41.9 Å². The summed E-state index contributed by atoms with van der Waals surface area (Å²) in [5, 5.41) is 19.5. The van der Waals surface area contributed by atoms with Crippen molar-refractivity contribution in [3.8, 4) is 0 Å². The lowest BCUT2D eigenvalue weighted by Crippen LogP contribution is -2.17. The first kappa shape index (κ1) is 15.8. The van der Waals surface area contributed by atoms with E-state index in [-0.39, 0.29) is 11.4 Å². The van der Waals surface area contributed by atoms with E-state index in [4.69, 9.17) is 0 Å². The van der Waals surface area contributed by atoms with Crippen LogP contribution in [0.25, 0.3) is 0 Å². The average Bonchev–Trinajstić information content (AvgIpc) is 3.15. The summed E-state index contributed by atoms with van der Waals surface area (Å²) in [7, 11) is 1.48.